The van der Waals surface area contributed by atoms with Gasteiger partial charge in [0.05, 0.1) is 0 Å². The zero-order chi connectivity index (χ0) is 9.14. The molecule has 0 aliphatic rings. The summed E-state index contributed by atoms with van der Waals surface area (Å²) >= 11 is 5.89. The highest BCUT2D eigenvalue weighted by molar-refractivity contribution is 6.31. The lowest BCUT2D eigenvalue weighted by Crippen LogP contribution is -2.17. The van der Waals surface area contributed by atoms with Gasteiger partial charge in [0.15, 0.2) is 0 Å². The summed E-state index contributed by atoms with van der Waals surface area (Å²) in [5.41, 5.74) is 8.06. The Labute approximate surface area is 78.5 Å². The molecule has 0 radical (unpaired) electrons. The number of rotatable bonds is 2. The van der Waals surface area contributed by atoms with E-state index in [1.165, 1.54) is 5.56 Å². The van der Waals surface area contributed by atoms with Crippen molar-refractivity contribution in [3.8, 4) is 0 Å². The summed E-state index contributed by atoms with van der Waals surface area (Å²) in [4.78, 5) is 0. The molecule has 0 aromatic heterocycles. The highest BCUT2D eigenvalue weighted by atomic mass is 35.5. The molecule has 1 unspecified atom stereocenters. The summed E-state index contributed by atoms with van der Waals surface area (Å²) in [6.07, 6.45) is 0.915. The van der Waals surface area contributed by atoms with E-state index >= 15 is 0 Å². The third-order valence-corrected chi connectivity index (χ3v) is 2.20. The van der Waals surface area contributed by atoms with Crippen LogP contribution >= 0.6 is 11.6 Å². The molecule has 66 valence electrons. The van der Waals surface area contributed by atoms with Crippen LogP contribution in [0.3, 0.4) is 0 Å². The smallest absolute Gasteiger partial charge is 0.0435 e. The van der Waals surface area contributed by atoms with Crippen molar-refractivity contribution in [1.82, 2.24) is 0 Å². The van der Waals surface area contributed by atoms with Gasteiger partial charge in [0.1, 0.15) is 0 Å². The Balaban J connectivity index is 2.82. The van der Waals surface area contributed by atoms with Gasteiger partial charge >= 0.3 is 0 Å². The summed E-state index contributed by atoms with van der Waals surface area (Å²) in [5, 5.41) is 0.823. The molecule has 0 saturated carbocycles. The van der Waals surface area contributed by atoms with E-state index < -0.39 is 0 Å². The Hall–Kier alpha value is -0.530. The number of hydrogen-bond donors (Lipinski definition) is 1. The summed E-state index contributed by atoms with van der Waals surface area (Å²) < 4.78 is 0. The molecule has 2 heteroatoms. The first kappa shape index (κ1) is 9.56. The Morgan fingerprint density at radius 2 is 2.17 bits per heavy atom. The molecule has 1 rings (SSSR count). The molecule has 0 heterocycles. The monoisotopic (exact) mass is 183 g/mol. The number of aryl methyl sites for hydroxylation is 1. The van der Waals surface area contributed by atoms with Gasteiger partial charge in [-0.25, -0.2) is 0 Å². The first-order valence-electron chi connectivity index (χ1n) is 4.10. The molecule has 0 aliphatic heterocycles. The van der Waals surface area contributed by atoms with Gasteiger partial charge in [-0.2, -0.15) is 0 Å². The fourth-order valence-corrected chi connectivity index (χ4v) is 1.32. The minimum absolute atomic E-state index is 0.213. The second kappa shape index (κ2) is 3.92. The fraction of sp³-hybridized carbons (Fsp3) is 0.400. The van der Waals surface area contributed by atoms with Crippen molar-refractivity contribution in [3.63, 3.8) is 0 Å². The van der Waals surface area contributed by atoms with Crippen molar-refractivity contribution in [2.45, 2.75) is 26.3 Å². The van der Waals surface area contributed by atoms with Crippen molar-refractivity contribution in [3.05, 3.63) is 34.3 Å². The Bertz CT molecular complexity index is 269. The summed E-state index contributed by atoms with van der Waals surface area (Å²) in [7, 11) is 0. The molecule has 1 atom stereocenters. The summed E-state index contributed by atoms with van der Waals surface area (Å²) in [5.74, 6) is 0. The molecule has 0 spiro atoms. The Morgan fingerprint density at radius 1 is 1.50 bits per heavy atom. The van der Waals surface area contributed by atoms with E-state index in [0.29, 0.717) is 0 Å². The molecule has 1 nitrogen and oxygen atoms in total. The lowest BCUT2D eigenvalue weighted by atomic mass is 10.1. The largest absolute Gasteiger partial charge is 0.328 e. The number of nitrogens with two attached hydrogens (primary N) is 1. The van der Waals surface area contributed by atoms with Gasteiger partial charge in [-0.3, -0.25) is 0 Å². The maximum Gasteiger partial charge on any atom is 0.0435 e. The lowest BCUT2D eigenvalue weighted by molar-refractivity contribution is 0.738. The molecule has 1 aromatic rings. The van der Waals surface area contributed by atoms with Crippen molar-refractivity contribution < 1.29 is 0 Å². The second-order valence-corrected chi connectivity index (χ2v) is 3.67. The van der Waals surface area contributed by atoms with Gasteiger partial charge in [0.2, 0.25) is 0 Å². The average molecular weight is 184 g/mol. The normalized spacial score (nSPS) is 13.0. The van der Waals surface area contributed by atoms with Crippen LogP contribution in [0.5, 0.6) is 0 Å². The topological polar surface area (TPSA) is 26.0 Å². The average Bonchev–Trinajstić information content (AvgIpc) is 1.96. The minimum Gasteiger partial charge on any atom is -0.328 e. The maximum atomic E-state index is 5.89. The molecule has 12 heavy (non-hydrogen) atoms. The summed E-state index contributed by atoms with van der Waals surface area (Å²) in [6, 6.07) is 6.25. The predicted molar refractivity (Wildman–Crippen MR) is 53.5 cm³/mol. The lowest BCUT2D eigenvalue weighted by Gasteiger charge is -2.06. The minimum atomic E-state index is 0.213. The van der Waals surface area contributed by atoms with E-state index in [1.54, 1.807) is 0 Å². The Morgan fingerprint density at radius 3 is 2.67 bits per heavy atom. The van der Waals surface area contributed by atoms with Crippen molar-refractivity contribution in [1.29, 1.82) is 0 Å². The van der Waals surface area contributed by atoms with E-state index in [-0.39, 0.29) is 6.04 Å². The number of halogens is 1. The molecule has 0 amide bonds. The third-order valence-electron chi connectivity index (χ3n) is 1.78. The highest BCUT2D eigenvalue weighted by Gasteiger charge is 1.99. The van der Waals surface area contributed by atoms with Crippen LogP contribution in [0, 0.1) is 6.92 Å². The molecule has 0 saturated heterocycles. The molecule has 0 bridgehead atoms. The van der Waals surface area contributed by atoms with Crippen molar-refractivity contribution in [2.75, 3.05) is 0 Å². The molecule has 1 aromatic carbocycles. The van der Waals surface area contributed by atoms with Gasteiger partial charge < -0.3 is 5.73 Å². The van der Waals surface area contributed by atoms with Crippen LogP contribution in [0.25, 0.3) is 0 Å². The Kier molecular flexibility index (Phi) is 3.12. The second-order valence-electron chi connectivity index (χ2n) is 3.26. The molecular formula is C10H14ClN. The van der Waals surface area contributed by atoms with Crippen LogP contribution in [-0.2, 0) is 6.42 Å². The first-order valence-corrected chi connectivity index (χ1v) is 4.48. The van der Waals surface area contributed by atoms with Crippen molar-refractivity contribution in [2.24, 2.45) is 5.73 Å². The van der Waals surface area contributed by atoms with Crippen molar-refractivity contribution >= 4 is 11.6 Å². The van der Waals surface area contributed by atoms with E-state index in [0.717, 1.165) is 17.0 Å². The van der Waals surface area contributed by atoms with Crippen LogP contribution in [0.1, 0.15) is 18.1 Å². The van der Waals surface area contributed by atoms with Crippen LogP contribution in [0.4, 0.5) is 0 Å². The van der Waals surface area contributed by atoms with Gasteiger partial charge in [-0.05, 0) is 37.5 Å². The zero-order valence-electron chi connectivity index (χ0n) is 7.47. The van der Waals surface area contributed by atoms with Gasteiger partial charge in [-0.15, -0.1) is 0 Å². The SMILES string of the molecule is Cc1cc(CC(C)N)ccc1Cl. The van der Waals surface area contributed by atoms with E-state index in [9.17, 15) is 0 Å². The number of hydrogen-bond acceptors (Lipinski definition) is 1. The van der Waals surface area contributed by atoms with Crippen LogP contribution in [0.15, 0.2) is 18.2 Å². The quantitative estimate of drug-likeness (QED) is 0.750. The maximum absolute atomic E-state index is 5.89. The zero-order valence-corrected chi connectivity index (χ0v) is 8.23. The highest BCUT2D eigenvalue weighted by Crippen LogP contribution is 2.16. The molecule has 2 N–H and O–H groups in total. The third kappa shape index (κ3) is 2.50. The van der Waals surface area contributed by atoms with E-state index in [1.807, 2.05) is 26.0 Å². The first-order chi connectivity index (χ1) is 5.59. The molecular weight excluding hydrogens is 170 g/mol. The fourth-order valence-electron chi connectivity index (χ4n) is 1.21. The van der Waals surface area contributed by atoms with Gasteiger partial charge in [-0.1, -0.05) is 23.7 Å². The van der Waals surface area contributed by atoms with Crippen LogP contribution in [0.2, 0.25) is 5.02 Å². The van der Waals surface area contributed by atoms with Crippen LogP contribution in [-0.4, -0.2) is 6.04 Å². The van der Waals surface area contributed by atoms with E-state index in [4.69, 9.17) is 17.3 Å². The van der Waals surface area contributed by atoms with E-state index in [2.05, 4.69) is 6.07 Å². The molecule has 0 fully saturated rings. The van der Waals surface area contributed by atoms with Gasteiger partial charge in [0.25, 0.3) is 0 Å². The van der Waals surface area contributed by atoms with Gasteiger partial charge in [0, 0.05) is 11.1 Å². The number of benzene rings is 1. The summed E-state index contributed by atoms with van der Waals surface area (Å²) in [6.45, 7) is 4.01. The predicted octanol–water partition coefficient (Wildman–Crippen LogP) is 2.54. The standard InChI is InChI=1S/C10H14ClN/c1-7-5-9(6-8(2)12)3-4-10(7)11/h3-5,8H,6,12H2,1-2H3. The molecule has 0 aliphatic carbocycles. The van der Waals surface area contributed by atoms with Crippen LogP contribution < -0.4 is 5.73 Å².